The molecule has 1 heterocycles. The minimum Gasteiger partial charge on any atom is -0.455 e. The Hall–Kier alpha value is -3.15. The second-order valence-corrected chi connectivity index (χ2v) is 8.12. The van der Waals surface area contributed by atoms with Gasteiger partial charge < -0.3 is 15.0 Å². The van der Waals surface area contributed by atoms with Crippen molar-refractivity contribution in [3.8, 4) is 0 Å². The number of benzene rings is 2. The molecule has 1 atom stereocenters. The van der Waals surface area contributed by atoms with Crippen molar-refractivity contribution in [2.45, 2.75) is 39.5 Å². The summed E-state index contributed by atoms with van der Waals surface area (Å²) in [7, 11) is 0. The van der Waals surface area contributed by atoms with Crippen molar-refractivity contribution in [2.24, 2.45) is 5.92 Å². The molecule has 6 heteroatoms. The van der Waals surface area contributed by atoms with Crippen LogP contribution >= 0.6 is 0 Å². The Morgan fingerprint density at radius 1 is 1.13 bits per heavy atom. The summed E-state index contributed by atoms with van der Waals surface area (Å²) >= 11 is 0. The third-order valence-corrected chi connectivity index (χ3v) is 6.05. The van der Waals surface area contributed by atoms with Gasteiger partial charge in [-0.1, -0.05) is 18.2 Å². The fourth-order valence-corrected chi connectivity index (χ4v) is 4.23. The maximum Gasteiger partial charge on any atom is 0.311 e. The van der Waals surface area contributed by atoms with E-state index in [1.54, 1.807) is 4.90 Å². The van der Waals surface area contributed by atoms with Gasteiger partial charge >= 0.3 is 5.97 Å². The molecule has 2 aromatic carbocycles. The lowest BCUT2D eigenvalue weighted by Gasteiger charge is -2.20. The maximum absolute atomic E-state index is 12.5. The van der Waals surface area contributed by atoms with Crippen LogP contribution in [0.15, 0.2) is 36.4 Å². The van der Waals surface area contributed by atoms with Gasteiger partial charge in [0, 0.05) is 24.3 Å². The first-order valence-corrected chi connectivity index (χ1v) is 10.4. The minimum absolute atomic E-state index is 0.0959. The lowest BCUT2D eigenvalue weighted by atomic mass is 10.1. The van der Waals surface area contributed by atoms with Crippen LogP contribution in [-0.4, -0.2) is 30.9 Å². The average molecular weight is 406 g/mol. The molecular weight excluding hydrogens is 380 g/mol. The summed E-state index contributed by atoms with van der Waals surface area (Å²) in [5, 5.41) is 2.78. The van der Waals surface area contributed by atoms with Crippen LogP contribution in [0.25, 0.3) is 0 Å². The quantitative estimate of drug-likeness (QED) is 0.773. The van der Waals surface area contributed by atoms with E-state index in [1.165, 1.54) is 11.1 Å². The molecule has 0 bridgehead atoms. The number of carbonyl (C=O) groups is 3. The minimum atomic E-state index is -0.565. The van der Waals surface area contributed by atoms with Gasteiger partial charge in [0.2, 0.25) is 5.91 Å². The van der Waals surface area contributed by atoms with Crippen LogP contribution in [0.5, 0.6) is 0 Å². The Kier molecular flexibility index (Phi) is 5.57. The van der Waals surface area contributed by atoms with Gasteiger partial charge in [0.25, 0.3) is 5.91 Å². The van der Waals surface area contributed by atoms with Crippen molar-refractivity contribution in [2.75, 3.05) is 23.4 Å². The molecule has 1 aliphatic heterocycles. The zero-order chi connectivity index (χ0) is 21.3. The molecule has 0 spiro atoms. The molecule has 1 saturated heterocycles. The standard InChI is InChI=1S/C24H26N2O4/c1-15-5-3-8-21(16(15)2)26-13-19(12-23(26)28)24(29)30-14-22(27)25-20-10-9-17-6-4-7-18(17)11-20/h3,5,8-11,19H,4,6-7,12-14H2,1-2H3,(H,25,27)/t19-/m1/s1. The van der Waals surface area contributed by atoms with E-state index >= 15 is 0 Å². The van der Waals surface area contributed by atoms with E-state index in [2.05, 4.69) is 5.32 Å². The SMILES string of the molecule is Cc1cccc(N2C[C@H](C(=O)OCC(=O)Nc3ccc4c(c3)CCC4)CC2=O)c1C. The molecule has 0 unspecified atom stereocenters. The molecule has 2 aromatic rings. The zero-order valence-corrected chi connectivity index (χ0v) is 17.4. The van der Waals surface area contributed by atoms with Crippen molar-refractivity contribution < 1.29 is 19.1 Å². The number of anilines is 2. The zero-order valence-electron chi connectivity index (χ0n) is 17.4. The van der Waals surface area contributed by atoms with Crippen LogP contribution in [0.2, 0.25) is 0 Å². The number of esters is 1. The van der Waals surface area contributed by atoms with Gasteiger partial charge in [-0.25, -0.2) is 0 Å². The van der Waals surface area contributed by atoms with E-state index in [0.717, 1.165) is 36.1 Å². The second-order valence-electron chi connectivity index (χ2n) is 8.12. The Morgan fingerprint density at radius 2 is 1.93 bits per heavy atom. The highest BCUT2D eigenvalue weighted by Gasteiger charge is 2.37. The summed E-state index contributed by atoms with van der Waals surface area (Å²) in [5.41, 5.74) is 6.25. The average Bonchev–Trinajstić information content (AvgIpc) is 3.34. The summed E-state index contributed by atoms with van der Waals surface area (Å²) in [6.07, 6.45) is 3.35. The molecule has 30 heavy (non-hydrogen) atoms. The van der Waals surface area contributed by atoms with Gasteiger partial charge in [-0.3, -0.25) is 14.4 Å². The molecule has 1 aliphatic carbocycles. The number of hydrogen-bond acceptors (Lipinski definition) is 4. The van der Waals surface area contributed by atoms with E-state index in [-0.39, 0.29) is 31.4 Å². The molecule has 156 valence electrons. The first-order chi connectivity index (χ1) is 14.4. The monoisotopic (exact) mass is 406 g/mol. The molecule has 2 amide bonds. The summed E-state index contributed by atoms with van der Waals surface area (Å²) < 4.78 is 5.21. The third kappa shape index (κ3) is 4.08. The van der Waals surface area contributed by atoms with Gasteiger partial charge in [-0.05, 0) is 73.6 Å². The molecule has 0 radical (unpaired) electrons. The third-order valence-electron chi connectivity index (χ3n) is 6.05. The summed E-state index contributed by atoms with van der Waals surface area (Å²) in [6, 6.07) is 11.7. The molecule has 1 N–H and O–H groups in total. The summed E-state index contributed by atoms with van der Waals surface area (Å²) in [5.74, 6) is -1.56. The molecule has 4 rings (SSSR count). The van der Waals surface area contributed by atoms with Gasteiger partial charge in [0.1, 0.15) is 0 Å². The summed E-state index contributed by atoms with van der Waals surface area (Å²) in [4.78, 5) is 38.7. The van der Waals surface area contributed by atoms with E-state index < -0.39 is 11.9 Å². The van der Waals surface area contributed by atoms with Crippen LogP contribution in [0, 0.1) is 19.8 Å². The van der Waals surface area contributed by atoms with Crippen LogP contribution in [0.4, 0.5) is 11.4 Å². The number of carbonyl (C=O) groups excluding carboxylic acids is 3. The molecule has 0 saturated carbocycles. The van der Waals surface area contributed by atoms with Gasteiger partial charge in [-0.2, -0.15) is 0 Å². The van der Waals surface area contributed by atoms with E-state index in [0.29, 0.717) is 5.69 Å². The van der Waals surface area contributed by atoms with Crippen molar-refractivity contribution in [1.29, 1.82) is 0 Å². The van der Waals surface area contributed by atoms with E-state index in [1.807, 2.05) is 50.2 Å². The lowest BCUT2D eigenvalue weighted by molar-refractivity contribution is -0.151. The topological polar surface area (TPSA) is 75.7 Å². The van der Waals surface area contributed by atoms with E-state index in [4.69, 9.17) is 4.74 Å². The van der Waals surface area contributed by atoms with Crippen LogP contribution in [-0.2, 0) is 32.0 Å². The smallest absolute Gasteiger partial charge is 0.311 e. The number of rotatable bonds is 5. The normalized spacial score (nSPS) is 17.7. The Morgan fingerprint density at radius 3 is 2.77 bits per heavy atom. The highest BCUT2D eigenvalue weighted by atomic mass is 16.5. The number of nitrogens with one attached hydrogen (secondary N) is 1. The number of fused-ring (bicyclic) bond motifs is 1. The number of hydrogen-bond donors (Lipinski definition) is 1. The van der Waals surface area contributed by atoms with Crippen LogP contribution < -0.4 is 10.2 Å². The highest BCUT2D eigenvalue weighted by molar-refractivity contribution is 6.00. The predicted octanol–water partition coefficient (Wildman–Crippen LogP) is 3.33. The number of ether oxygens (including phenoxy) is 1. The molecule has 6 nitrogen and oxygen atoms in total. The molecular formula is C24H26N2O4. The summed E-state index contributed by atoms with van der Waals surface area (Å²) in [6.45, 7) is 3.87. The van der Waals surface area contributed by atoms with Gasteiger partial charge in [0.05, 0.1) is 5.92 Å². The second kappa shape index (κ2) is 8.30. The first kappa shape index (κ1) is 20.1. The molecule has 1 fully saturated rings. The highest BCUT2D eigenvalue weighted by Crippen LogP contribution is 2.30. The van der Waals surface area contributed by atoms with Crippen molar-refractivity contribution >= 4 is 29.2 Å². The predicted molar refractivity (Wildman–Crippen MR) is 114 cm³/mol. The van der Waals surface area contributed by atoms with Crippen LogP contribution in [0.1, 0.15) is 35.1 Å². The van der Waals surface area contributed by atoms with E-state index in [9.17, 15) is 14.4 Å². The van der Waals surface area contributed by atoms with Crippen molar-refractivity contribution in [3.63, 3.8) is 0 Å². The maximum atomic E-state index is 12.5. The first-order valence-electron chi connectivity index (χ1n) is 10.4. The van der Waals surface area contributed by atoms with Crippen molar-refractivity contribution in [1.82, 2.24) is 0 Å². The Bertz CT molecular complexity index is 1010. The van der Waals surface area contributed by atoms with Crippen LogP contribution in [0.3, 0.4) is 0 Å². The lowest BCUT2D eigenvalue weighted by Crippen LogP contribution is -2.28. The number of aryl methyl sites for hydroxylation is 3. The van der Waals surface area contributed by atoms with Gasteiger partial charge in [-0.15, -0.1) is 0 Å². The molecule has 2 aliphatic rings. The largest absolute Gasteiger partial charge is 0.455 e. The van der Waals surface area contributed by atoms with Crippen molar-refractivity contribution in [3.05, 3.63) is 58.7 Å². The van der Waals surface area contributed by atoms with Gasteiger partial charge in [0.15, 0.2) is 6.61 Å². The fraction of sp³-hybridized carbons (Fsp3) is 0.375. The Balaban J connectivity index is 1.31. The number of amides is 2. The molecule has 0 aromatic heterocycles. The number of nitrogens with zero attached hydrogens (tertiary/aromatic N) is 1. The fourth-order valence-electron chi connectivity index (χ4n) is 4.23. The Labute approximate surface area is 176 Å².